The predicted molar refractivity (Wildman–Crippen MR) is 118 cm³/mol. The Bertz CT molecular complexity index is 1050. The average Bonchev–Trinajstić information content (AvgIpc) is 2.78. The number of aromatic carboxylic acids is 1. The van der Waals surface area contributed by atoms with E-state index < -0.39 is 5.97 Å². The van der Waals surface area contributed by atoms with Crippen LogP contribution in [0.15, 0.2) is 60.7 Å². The Hall–Kier alpha value is -3.18. The fourth-order valence-electron chi connectivity index (χ4n) is 3.95. The van der Waals surface area contributed by atoms with Gasteiger partial charge in [-0.2, -0.15) is 0 Å². The molecule has 1 aliphatic heterocycles. The number of fused-ring (bicyclic) bond motifs is 1. The summed E-state index contributed by atoms with van der Waals surface area (Å²) in [5.41, 5.74) is 3.13. The molecular formula is C25H26N2O3. The van der Waals surface area contributed by atoms with Crippen LogP contribution in [0.4, 0.5) is 0 Å². The lowest BCUT2D eigenvalue weighted by molar-refractivity contribution is 0.0696. The number of piperidine rings is 1. The monoisotopic (exact) mass is 402 g/mol. The maximum absolute atomic E-state index is 12.6. The number of carboxylic acid groups (broad SMARTS) is 1. The quantitative estimate of drug-likeness (QED) is 0.645. The van der Waals surface area contributed by atoms with Gasteiger partial charge in [0.15, 0.2) is 0 Å². The Morgan fingerprint density at radius 3 is 2.20 bits per heavy atom. The number of benzene rings is 3. The van der Waals surface area contributed by atoms with Crippen LogP contribution in [-0.4, -0.2) is 41.6 Å². The van der Waals surface area contributed by atoms with E-state index in [-0.39, 0.29) is 11.5 Å². The predicted octanol–water partition coefficient (Wildman–Crippen LogP) is 4.30. The number of likely N-dealkylation sites (tertiary alicyclic amines) is 1. The first-order valence-electron chi connectivity index (χ1n) is 10.4. The molecule has 4 rings (SSSR count). The summed E-state index contributed by atoms with van der Waals surface area (Å²) in [6, 6.07) is 19.0. The summed E-state index contributed by atoms with van der Waals surface area (Å²) < 4.78 is 0. The zero-order chi connectivity index (χ0) is 20.9. The molecule has 0 unspecified atom stereocenters. The summed E-state index contributed by atoms with van der Waals surface area (Å²) in [6.07, 6.45) is 4.39. The lowest BCUT2D eigenvalue weighted by atomic mass is 9.99. The van der Waals surface area contributed by atoms with Gasteiger partial charge in [0.25, 0.3) is 5.91 Å². The molecule has 3 aromatic rings. The standard InChI is InChI=1S/C25H26N2O3/c28-24(26-17-27-12-2-1-3-13-27)22-11-10-20-7-6-19(15-23(20)16-22)14-18-4-8-21(9-5-18)25(29)30/h4-11,15-16H,1-3,12-14,17H2,(H,26,28)(H,29,30). The Morgan fingerprint density at radius 1 is 0.800 bits per heavy atom. The molecule has 5 heteroatoms. The van der Waals surface area contributed by atoms with Crippen LogP contribution < -0.4 is 5.32 Å². The van der Waals surface area contributed by atoms with E-state index in [0.717, 1.165) is 35.0 Å². The van der Waals surface area contributed by atoms with Crippen LogP contribution >= 0.6 is 0 Å². The normalized spacial score (nSPS) is 14.5. The van der Waals surface area contributed by atoms with E-state index in [4.69, 9.17) is 5.11 Å². The van der Waals surface area contributed by atoms with Gasteiger partial charge in [-0.1, -0.05) is 42.8 Å². The third kappa shape index (κ3) is 4.86. The van der Waals surface area contributed by atoms with Crippen molar-refractivity contribution in [3.8, 4) is 0 Å². The molecule has 1 aliphatic rings. The van der Waals surface area contributed by atoms with Crippen LogP contribution in [0.2, 0.25) is 0 Å². The van der Waals surface area contributed by atoms with Crippen LogP contribution in [0.5, 0.6) is 0 Å². The minimum absolute atomic E-state index is 0.0443. The summed E-state index contributed by atoms with van der Waals surface area (Å²) in [5.74, 6) is -0.963. The Morgan fingerprint density at radius 2 is 1.47 bits per heavy atom. The minimum Gasteiger partial charge on any atom is -0.478 e. The van der Waals surface area contributed by atoms with Gasteiger partial charge in [0.1, 0.15) is 0 Å². The van der Waals surface area contributed by atoms with Gasteiger partial charge in [-0.3, -0.25) is 9.69 Å². The van der Waals surface area contributed by atoms with E-state index in [0.29, 0.717) is 18.7 Å². The summed E-state index contributed by atoms with van der Waals surface area (Å²) in [7, 11) is 0. The van der Waals surface area contributed by atoms with Gasteiger partial charge in [-0.05, 0) is 78.5 Å². The molecule has 1 saturated heterocycles. The Kier molecular flexibility index (Phi) is 6.10. The fraction of sp³-hybridized carbons (Fsp3) is 0.280. The van der Waals surface area contributed by atoms with Gasteiger partial charge >= 0.3 is 5.97 Å². The number of carboxylic acids is 1. The largest absolute Gasteiger partial charge is 0.478 e. The summed E-state index contributed by atoms with van der Waals surface area (Å²) in [5, 5.41) is 14.2. The molecule has 30 heavy (non-hydrogen) atoms. The first kappa shape index (κ1) is 20.1. The van der Waals surface area contributed by atoms with Crippen molar-refractivity contribution in [2.24, 2.45) is 0 Å². The highest BCUT2D eigenvalue weighted by Crippen LogP contribution is 2.20. The smallest absolute Gasteiger partial charge is 0.335 e. The molecule has 0 aromatic heterocycles. The maximum atomic E-state index is 12.6. The zero-order valence-electron chi connectivity index (χ0n) is 16.9. The van der Waals surface area contributed by atoms with Gasteiger partial charge in [0.2, 0.25) is 0 Å². The first-order chi connectivity index (χ1) is 14.6. The van der Waals surface area contributed by atoms with Crippen molar-refractivity contribution in [2.45, 2.75) is 25.7 Å². The van der Waals surface area contributed by atoms with Crippen molar-refractivity contribution < 1.29 is 14.7 Å². The number of rotatable bonds is 6. The number of carbonyl (C=O) groups excluding carboxylic acids is 1. The van der Waals surface area contributed by atoms with Gasteiger partial charge in [0.05, 0.1) is 12.2 Å². The van der Waals surface area contributed by atoms with Crippen LogP contribution in [0, 0.1) is 0 Å². The number of amides is 1. The van der Waals surface area contributed by atoms with Gasteiger partial charge < -0.3 is 10.4 Å². The van der Waals surface area contributed by atoms with E-state index in [9.17, 15) is 9.59 Å². The Balaban J connectivity index is 1.46. The van der Waals surface area contributed by atoms with E-state index >= 15 is 0 Å². The summed E-state index contributed by atoms with van der Waals surface area (Å²) >= 11 is 0. The third-order valence-corrected chi connectivity index (χ3v) is 5.69. The van der Waals surface area contributed by atoms with Crippen LogP contribution in [0.25, 0.3) is 10.8 Å². The minimum atomic E-state index is -0.918. The number of hydrogen-bond donors (Lipinski definition) is 2. The molecule has 3 aromatic carbocycles. The summed E-state index contributed by atoms with van der Waals surface area (Å²) in [4.78, 5) is 25.9. The second kappa shape index (κ2) is 9.09. The molecular weight excluding hydrogens is 376 g/mol. The number of carbonyl (C=O) groups is 2. The van der Waals surface area contributed by atoms with Crippen molar-refractivity contribution in [3.05, 3.63) is 82.9 Å². The summed E-state index contributed by atoms with van der Waals surface area (Å²) in [6.45, 7) is 2.70. The highest BCUT2D eigenvalue weighted by Gasteiger charge is 2.12. The highest BCUT2D eigenvalue weighted by atomic mass is 16.4. The van der Waals surface area contributed by atoms with Crippen LogP contribution in [-0.2, 0) is 6.42 Å². The molecule has 0 radical (unpaired) electrons. The van der Waals surface area contributed by atoms with Crippen molar-refractivity contribution in [1.82, 2.24) is 10.2 Å². The molecule has 0 saturated carbocycles. The van der Waals surface area contributed by atoms with Crippen molar-refractivity contribution >= 4 is 22.6 Å². The van der Waals surface area contributed by atoms with Gasteiger partial charge in [-0.15, -0.1) is 0 Å². The van der Waals surface area contributed by atoms with E-state index in [2.05, 4.69) is 28.4 Å². The van der Waals surface area contributed by atoms with Crippen LogP contribution in [0.3, 0.4) is 0 Å². The molecule has 0 spiro atoms. The van der Waals surface area contributed by atoms with E-state index in [1.807, 2.05) is 30.3 Å². The molecule has 0 atom stereocenters. The molecule has 154 valence electrons. The molecule has 1 amide bonds. The molecule has 5 nitrogen and oxygen atoms in total. The topological polar surface area (TPSA) is 69.6 Å². The number of hydrogen-bond acceptors (Lipinski definition) is 3. The van der Waals surface area contributed by atoms with Crippen molar-refractivity contribution in [3.63, 3.8) is 0 Å². The van der Waals surface area contributed by atoms with Crippen molar-refractivity contribution in [1.29, 1.82) is 0 Å². The lowest BCUT2D eigenvalue weighted by Crippen LogP contribution is -2.40. The molecule has 2 N–H and O–H groups in total. The number of nitrogens with zero attached hydrogens (tertiary/aromatic N) is 1. The van der Waals surface area contributed by atoms with E-state index in [1.54, 1.807) is 12.1 Å². The average molecular weight is 402 g/mol. The first-order valence-corrected chi connectivity index (χ1v) is 10.4. The van der Waals surface area contributed by atoms with E-state index in [1.165, 1.54) is 19.3 Å². The molecule has 1 heterocycles. The highest BCUT2D eigenvalue weighted by molar-refractivity contribution is 5.98. The second-order valence-corrected chi connectivity index (χ2v) is 7.92. The second-order valence-electron chi connectivity index (χ2n) is 7.92. The lowest BCUT2D eigenvalue weighted by Gasteiger charge is -2.26. The van der Waals surface area contributed by atoms with Crippen LogP contribution in [0.1, 0.15) is 51.1 Å². The maximum Gasteiger partial charge on any atom is 0.335 e. The molecule has 0 bridgehead atoms. The third-order valence-electron chi connectivity index (χ3n) is 5.69. The van der Waals surface area contributed by atoms with Gasteiger partial charge in [0, 0.05) is 5.56 Å². The van der Waals surface area contributed by atoms with Gasteiger partial charge in [-0.25, -0.2) is 4.79 Å². The Labute approximate surface area is 176 Å². The molecule has 1 fully saturated rings. The fourth-order valence-corrected chi connectivity index (χ4v) is 3.95. The number of nitrogens with one attached hydrogen (secondary N) is 1. The zero-order valence-corrected chi connectivity index (χ0v) is 16.9. The van der Waals surface area contributed by atoms with Crippen molar-refractivity contribution in [2.75, 3.05) is 19.8 Å². The molecule has 0 aliphatic carbocycles. The SMILES string of the molecule is O=C(O)c1ccc(Cc2ccc3ccc(C(=O)NCN4CCCCC4)cc3c2)cc1.